The maximum Gasteiger partial charge on any atom is 0.317 e. The Morgan fingerprint density at radius 3 is 3.03 bits per heavy atom. The number of piperidine rings is 2. The predicted octanol–water partition coefficient (Wildman–Crippen LogP) is 3.76. The van der Waals surface area contributed by atoms with E-state index in [-0.39, 0.29) is 18.1 Å². The largest absolute Gasteiger partial charge is 0.334 e. The lowest BCUT2D eigenvalue weighted by Gasteiger charge is -2.38. The molecule has 1 aromatic carbocycles. The lowest BCUT2D eigenvalue weighted by atomic mass is 9.85. The molecule has 2 amide bonds. The fourth-order valence-electron chi connectivity index (χ4n) is 6.42. The van der Waals surface area contributed by atoms with Gasteiger partial charge >= 0.3 is 6.03 Å². The smallest absolute Gasteiger partial charge is 0.317 e. The SMILES string of the molecule is O=C(N[C@@H]1CCCN(Cc2csc3ccccc23)C1)N1CCC2NNC(c3ccc4nccn4c3)C2C1. The Bertz CT molecular complexity index is 1420. The van der Waals surface area contributed by atoms with Gasteiger partial charge in [-0.3, -0.25) is 10.3 Å². The number of carbonyl (C=O) groups is 1. The van der Waals surface area contributed by atoms with Crippen molar-refractivity contribution in [2.45, 2.75) is 43.9 Å². The van der Waals surface area contributed by atoms with Gasteiger partial charge in [0.15, 0.2) is 0 Å². The number of pyridine rings is 1. The van der Waals surface area contributed by atoms with Crippen LogP contribution in [-0.4, -0.2) is 63.5 Å². The molecule has 3 fully saturated rings. The van der Waals surface area contributed by atoms with Crippen LogP contribution >= 0.6 is 11.3 Å². The van der Waals surface area contributed by atoms with Gasteiger partial charge in [0.25, 0.3) is 0 Å². The summed E-state index contributed by atoms with van der Waals surface area (Å²) in [5.41, 5.74) is 10.6. The van der Waals surface area contributed by atoms with Crippen LogP contribution in [0.2, 0.25) is 0 Å². The predicted molar refractivity (Wildman–Crippen MR) is 146 cm³/mol. The highest BCUT2D eigenvalue weighted by Crippen LogP contribution is 2.34. The number of hydrogen-bond acceptors (Lipinski definition) is 6. The van der Waals surface area contributed by atoms with Crippen LogP contribution in [0.15, 0.2) is 60.4 Å². The molecule has 7 rings (SSSR count). The topological polar surface area (TPSA) is 76.9 Å². The summed E-state index contributed by atoms with van der Waals surface area (Å²) < 4.78 is 3.41. The molecule has 3 aliphatic heterocycles. The van der Waals surface area contributed by atoms with E-state index in [0.29, 0.717) is 12.0 Å². The Kier molecular flexibility index (Phi) is 6.08. The molecule has 4 aromatic rings. The quantitative estimate of drug-likeness (QED) is 0.386. The van der Waals surface area contributed by atoms with E-state index in [1.54, 1.807) is 0 Å². The van der Waals surface area contributed by atoms with Gasteiger partial charge in [0.1, 0.15) is 5.65 Å². The van der Waals surface area contributed by atoms with Crippen LogP contribution in [0.3, 0.4) is 0 Å². The lowest BCUT2D eigenvalue weighted by molar-refractivity contribution is 0.139. The normalized spacial score (nSPS) is 26.5. The van der Waals surface area contributed by atoms with E-state index in [1.807, 2.05) is 28.6 Å². The first-order valence-electron chi connectivity index (χ1n) is 13.4. The number of nitrogens with one attached hydrogen (secondary N) is 3. The molecule has 0 aliphatic carbocycles. The minimum Gasteiger partial charge on any atom is -0.334 e. The molecule has 3 saturated heterocycles. The third-order valence-electron chi connectivity index (χ3n) is 8.36. The number of thiophene rings is 1. The number of benzene rings is 1. The molecule has 0 saturated carbocycles. The van der Waals surface area contributed by atoms with Crippen molar-refractivity contribution >= 4 is 33.1 Å². The number of amides is 2. The van der Waals surface area contributed by atoms with Gasteiger partial charge in [-0.1, -0.05) is 24.3 Å². The fraction of sp³-hybridized carbons (Fsp3) is 0.429. The van der Waals surface area contributed by atoms with Crippen LogP contribution in [0.1, 0.15) is 36.4 Å². The molecule has 0 bridgehead atoms. The number of likely N-dealkylation sites (tertiary alicyclic amines) is 2. The van der Waals surface area contributed by atoms with Crippen molar-refractivity contribution in [2.75, 3.05) is 26.2 Å². The Morgan fingerprint density at radius 1 is 1.11 bits per heavy atom. The van der Waals surface area contributed by atoms with E-state index in [1.165, 1.54) is 21.2 Å². The summed E-state index contributed by atoms with van der Waals surface area (Å²) in [5, 5.41) is 7.04. The molecule has 192 valence electrons. The van der Waals surface area contributed by atoms with Gasteiger partial charge in [0.2, 0.25) is 0 Å². The van der Waals surface area contributed by atoms with Crippen LogP contribution in [0.4, 0.5) is 4.79 Å². The zero-order chi connectivity index (χ0) is 24.8. The Labute approximate surface area is 220 Å². The summed E-state index contributed by atoms with van der Waals surface area (Å²) in [6.45, 7) is 4.48. The van der Waals surface area contributed by atoms with Crippen LogP contribution in [-0.2, 0) is 6.54 Å². The van der Waals surface area contributed by atoms with Crippen molar-refractivity contribution in [1.29, 1.82) is 0 Å². The Morgan fingerprint density at radius 2 is 2.05 bits per heavy atom. The summed E-state index contributed by atoms with van der Waals surface area (Å²) in [6.07, 6.45) is 9.07. The van der Waals surface area contributed by atoms with Gasteiger partial charge in [-0.05, 0) is 59.8 Å². The van der Waals surface area contributed by atoms with E-state index in [2.05, 4.69) is 78.4 Å². The van der Waals surface area contributed by atoms with E-state index in [9.17, 15) is 4.79 Å². The van der Waals surface area contributed by atoms with Gasteiger partial charge in [-0.15, -0.1) is 11.3 Å². The number of imidazole rings is 1. The standard InChI is InChI=1S/C28H33N7OS/c36-28(30-21-4-3-11-33(16-21)14-20-18-37-25-6-2-1-5-22(20)25)35-12-9-24-23(17-35)27(32-31-24)19-7-8-26-29-10-13-34(26)15-19/h1-2,5-8,10,13,15,18,21,23-24,27,31-32H,3-4,9,11-12,14,16-17H2,(H,30,36)/t21-,23?,24?,27?/m1/s1. The Hall–Kier alpha value is -2.98. The molecule has 3 aromatic heterocycles. The van der Waals surface area contributed by atoms with Crippen LogP contribution in [0.5, 0.6) is 0 Å². The third-order valence-corrected chi connectivity index (χ3v) is 9.37. The summed E-state index contributed by atoms with van der Waals surface area (Å²) in [6, 6.07) is 13.7. The van der Waals surface area contributed by atoms with Crippen molar-refractivity contribution < 1.29 is 4.79 Å². The number of nitrogens with zero attached hydrogens (tertiary/aromatic N) is 4. The fourth-order valence-corrected chi connectivity index (χ4v) is 7.37. The highest BCUT2D eigenvalue weighted by molar-refractivity contribution is 7.17. The molecule has 4 atom stereocenters. The molecule has 37 heavy (non-hydrogen) atoms. The molecular formula is C28H33N7OS. The molecule has 0 spiro atoms. The molecule has 8 nitrogen and oxygen atoms in total. The molecule has 3 N–H and O–H groups in total. The van der Waals surface area contributed by atoms with Crippen LogP contribution in [0.25, 0.3) is 15.7 Å². The second-order valence-electron chi connectivity index (χ2n) is 10.7. The van der Waals surface area contributed by atoms with Crippen LogP contribution < -0.4 is 16.2 Å². The molecule has 6 heterocycles. The van der Waals surface area contributed by atoms with E-state index < -0.39 is 0 Å². The number of hydrogen-bond donors (Lipinski definition) is 3. The lowest BCUT2D eigenvalue weighted by Crippen LogP contribution is -2.55. The van der Waals surface area contributed by atoms with E-state index in [0.717, 1.165) is 57.6 Å². The minimum atomic E-state index is 0.0852. The zero-order valence-corrected chi connectivity index (χ0v) is 21.7. The van der Waals surface area contributed by atoms with Crippen LogP contribution in [0, 0.1) is 5.92 Å². The molecule has 3 unspecified atom stereocenters. The number of urea groups is 1. The van der Waals surface area contributed by atoms with Gasteiger partial charge in [-0.25, -0.2) is 15.2 Å². The average Bonchev–Trinajstić information content (AvgIpc) is 3.67. The molecular weight excluding hydrogens is 482 g/mol. The maximum absolute atomic E-state index is 13.4. The monoisotopic (exact) mass is 515 g/mol. The molecule has 0 radical (unpaired) electrons. The van der Waals surface area contributed by atoms with E-state index in [4.69, 9.17) is 0 Å². The van der Waals surface area contributed by atoms with Gasteiger partial charge in [-0.2, -0.15) is 0 Å². The summed E-state index contributed by atoms with van der Waals surface area (Å²) in [4.78, 5) is 22.3. The van der Waals surface area contributed by atoms with Crippen molar-refractivity contribution in [2.24, 2.45) is 5.92 Å². The maximum atomic E-state index is 13.4. The summed E-state index contributed by atoms with van der Waals surface area (Å²) >= 11 is 1.82. The van der Waals surface area contributed by atoms with Gasteiger partial charge in [0, 0.05) is 67.5 Å². The first kappa shape index (κ1) is 23.2. The third kappa shape index (κ3) is 4.50. The van der Waals surface area contributed by atoms with Crippen molar-refractivity contribution in [3.63, 3.8) is 0 Å². The number of aromatic nitrogens is 2. The first-order valence-corrected chi connectivity index (χ1v) is 14.3. The highest BCUT2D eigenvalue weighted by atomic mass is 32.1. The highest BCUT2D eigenvalue weighted by Gasteiger charge is 2.42. The summed E-state index contributed by atoms with van der Waals surface area (Å²) in [5.74, 6) is 0.329. The first-order chi connectivity index (χ1) is 18.2. The van der Waals surface area contributed by atoms with Crippen molar-refractivity contribution in [1.82, 2.24) is 35.4 Å². The Balaban J connectivity index is 0.986. The molecule has 3 aliphatic rings. The minimum absolute atomic E-state index is 0.0852. The molecule has 9 heteroatoms. The average molecular weight is 516 g/mol. The summed E-state index contributed by atoms with van der Waals surface area (Å²) in [7, 11) is 0. The number of carbonyl (C=O) groups excluding carboxylic acids is 1. The number of hydrazine groups is 1. The van der Waals surface area contributed by atoms with Gasteiger partial charge in [0.05, 0.1) is 6.04 Å². The number of fused-ring (bicyclic) bond motifs is 3. The van der Waals surface area contributed by atoms with E-state index >= 15 is 0 Å². The second kappa shape index (κ2) is 9.72. The van der Waals surface area contributed by atoms with Crippen molar-refractivity contribution in [3.8, 4) is 0 Å². The number of rotatable bonds is 4. The van der Waals surface area contributed by atoms with Gasteiger partial charge < -0.3 is 14.6 Å². The van der Waals surface area contributed by atoms with Crippen molar-refractivity contribution in [3.05, 3.63) is 71.5 Å². The zero-order valence-electron chi connectivity index (χ0n) is 20.8. The second-order valence-corrected chi connectivity index (χ2v) is 11.6.